The summed E-state index contributed by atoms with van der Waals surface area (Å²) in [6.45, 7) is 2.66. The van der Waals surface area contributed by atoms with Gasteiger partial charge in [-0.1, -0.05) is 18.2 Å². The highest BCUT2D eigenvalue weighted by atomic mass is 32.2. The summed E-state index contributed by atoms with van der Waals surface area (Å²) in [7, 11) is 0. The van der Waals surface area contributed by atoms with E-state index in [9.17, 15) is 9.18 Å². The molecule has 0 atom stereocenters. The maximum atomic E-state index is 13.8. The van der Waals surface area contributed by atoms with Crippen LogP contribution in [0.2, 0.25) is 0 Å². The van der Waals surface area contributed by atoms with Gasteiger partial charge in [-0.25, -0.2) is 4.79 Å². The third-order valence-electron chi connectivity index (χ3n) is 4.15. The van der Waals surface area contributed by atoms with Crippen molar-refractivity contribution >= 4 is 40.9 Å². The Hall–Kier alpha value is -2.12. The molecule has 1 aliphatic rings. The van der Waals surface area contributed by atoms with Crippen molar-refractivity contribution in [3.63, 3.8) is 0 Å². The van der Waals surface area contributed by atoms with Crippen molar-refractivity contribution in [3.05, 3.63) is 54.6 Å². The van der Waals surface area contributed by atoms with Crippen LogP contribution < -0.4 is 9.64 Å². The van der Waals surface area contributed by atoms with E-state index in [0.717, 1.165) is 46.1 Å². The monoisotopic (exact) mass is 419 g/mol. The number of halogens is 1. The molecule has 1 heterocycles. The summed E-state index contributed by atoms with van der Waals surface area (Å²) in [6, 6.07) is 14.2. The fourth-order valence-corrected chi connectivity index (χ4v) is 4.41. The topological polar surface area (TPSA) is 38.8 Å². The van der Waals surface area contributed by atoms with Crippen molar-refractivity contribution in [2.24, 2.45) is 0 Å². The minimum atomic E-state index is -1.05. The zero-order valence-corrected chi connectivity index (χ0v) is 17.4. The first-order valence-corrected chi connectivity index (χ1v) is 11.2. The van der Waals surface area contributed by atoms with Crippen LogP contribution in [0.3, 0.4) is 0 Å². The van der Waals surface area contributed by atoms with E-state index in [-0.39, 0.29) is 6.61 Å². The van der Waals surface area contributed by atoms with Gasteiger partial charge in [0.15, 0.2) is 0 Å². The second kappa shape index (κ2) is 9.89. The maximum absolute atomic E-state index is 13.8. The predicted molar refractivity (Wildman–Crippen MR) is 113 cm³/mol. The fraction of sp³-hybridized carbons (Fsp3) is 0.286. The summed E-state index contributed by atoms with van der Waals surface area (Å²) in [6.07, 6.45) is 3.81. The van der Waals surface area contributed by atoms with Crippen molar-refractivity contribution in [1.29, 1.82) is 0 Å². The lowest BCUT2D eigenvalue weighted by atomic mass is 10.2. The number of benzene rings is 2. The van der Waals surface area contributed by atoms with Gasteiger partial charge in [-0.2, -0.15) is 4.39 Å². The number of esters is 1. The van der Waals surface area contributed by atoms with Gasteiger partial charge in [0.2, 0.25) is 5.83 Å². The zero-order valence-electron chi connectivity index (χ0n) is 15.8. The van der Waals surface area contributed by atoms with E-state index in [2.05, 4.69) is 27.8 Å². The second-order valence-corrected chi connectivity index (χ2v) is 7.95. The summed E-state index contributed by atoms with van der Waals surface area (Å²) in [5.74, 6) is -0.565. The van der Waals surface area contributed by atoms with Crippen molar-refractivity contribution in [2.75, 3.05) is 30.1 Å². The lowest BCUT2D eigenvalue weighted by Gasteiger charge is -2.25. The number of ether oxygens (including phenoxy) is 2. The van der Waals surface area contributed by atoms with Gasteiger partial charge in [0.1, 0.15) is 12.0 Å². The smallest absolute Gasteiger partial charge is 0.370 e. The number of thioether (sulfide) groups is 2. The molecule has 28 heavy (non-hydrogen) atoms. The van der Waals surface area contributed by atoms with Crippen LogP contribution in [-0.4, -0.2) is 31.1 Å². The van der Waals surface area contributed by atoms with E-state index in [1.165, 1.54) is 11.8 Å². The second-order valence-electron chi connectivity index (χ2n) is 5.96. The fourth-order valence-electron chi connectivity index (χ4n) is 2.87. The van der Waals surface area contributed by atoms with E-state index in [1.807, 2.05) is 30.5 Å². The van der Waals surface area contributed by atoms with E-state index < -0.39 is 11.8 Å². The number of hydrogen-bond donors (Lipinski definition) is 0. The Morgan fingerprint density at radius 1 is 1.32 bits per heavy atom. The number of rotatable bonds is 6. The third kappa shape index (κ3) is 4.83. The first-order valence-electron chi connectivity index (χ1n) is 9.01. The summed E-state index contributed by atoms with van der Waals surface area (Å²) < 4.78 is 24.0. The highest BCUT2D eigenvalue weighted by Crippen LogP contribution is 2.44. The van der Waals surface area contributed by atoms with Crippen molar-refractivity contribution in [1.82, 2.24) is 0 Å². The molecule has 0 N–H and O–H groups in total. The molecule has 0 bridgehead atoms. The molecule has 7 heteroatoms. The van der Waals surface area contributed by atoms with Gasteiger partial charge in [0.05, 0.1) is 17.2 Å². The van der Waals surface area contributed by atoms with Crippen molar-refractivity contribution in [2.45, 2.75) is 23.1 Å². The van der Waals surface area contributed by atoms with Gasteiger partial charge in [-0.15, -0.1) is 23.5 Å². The number of anilines is 2. The molecule has 1 aliphatic heterocycles. The molecule has 2 aromatic carbocycles. The Labute approximate surface area is 173 Å². The molecule has 0 spiro atoms. The Balaban J connectivity index is 1.94. The Bertz CT molecular complexity index is 858. The van der Waals surface area contributed by atoms with Crippen LogP contribution in [0.4, 0.5) is 15.8 Å². The molecule has 0 aromatic heterocycles. The standard InChI is InChI=1S/C21H22FNO3S2/c1-3-25-21(24)16(22)14-26-18-13-19-17(12-20(18)27-2)23(10-7-11-28-19)15-8-5-4-6-9-15/h4-6,8-9,12-14H,3,7,10-11H2,1-2H3/b16-14-. The van der Waals surface area contributed by atoms with Gasteiger partial charge in [-0.05, 0) is 49.6 Å². The van der Waals surface area contributed by atoms with Crippen molar-refractivity contribution in [3.8, 4) is 5.75 Å². The third-order valence-corrected chi connectivity index (χ3v) is 6.04. The molecule has 0 saturated heterocycles. The molecule has 3 rings (SSSR count). The summed E-state index contributed by atoms with van der Waals surface area (Å²) >= 11 is 3.27. The molecule has 0 fully saturated rings. The number of fused-ring (bicyclic) bond motifs is 1. The lowest BCUT2D eigenvalue weighted by molar-refractivity contribution is -0.140. The first-order chi connectivity index (χ1) is 13.6. The average Bonchev–Trinajstić information content (AvgIpc) is 2.93. The number of carbonyl (C=O) groups excluding carboxylic acids is 1. The Morgan fingerprint density at radius 2 is 2.11 bits per heavy atom. The number of para-hydroxylation sites is 1. The Kier molecular flexibility index (Phi) is 7.28. The van der Waals surface area contributed by atoms with E-state index in [0.29, 0.717) is 5.75 Å². The van der Waals surface area contributed by atoms with Crippen LogP contribution in [0, 0.1) is 0 Å². The quantitative estimate of drug-likeness (QED) is 0.255. The molecule has 4 nitrogen and oxygen atoms in total. The highest BCUT2D eigenvalue weighted by molar-refractivity contribution is 7.99. The highest BCUT2D eigenvalue weighted by Gasteiger charge is 2.21. The predicted octanol–water partition coefficient (Wildman–Crippen LogP) is 5.80. The minimum absolute atomic E-state index is 0.112. The minimum Gasteiger partial charge on any atom is -0.461 e. The van der Waals surface area contributed by atoms with Crippen LogP contribution in [0.25, 0.3) is 0 Å². The van der Waals surface area contributed by atoms with Crippen LogP contribution in [0.1, 0.15) is 13.3 Å². The van der Waals surface area contributed by atoms with E-state index in [1.54, 1.807) is 18.7 Å². The average molecular weight is 420 g/mol. The molecule has 0 unspecified atom stereocenters. The van der Waals surface area contributed by atoms with Crippen LogP contribution >= 0.6 is 23.5 Å². The maximum Gasteiger partial charge on any atom is 0.370 e. The van der Waals surface area contributed by atoms with Crippen LogP contribution in [0.5, 0.6) is 5.75 Å². The first kappa shape index (κ1) is 20.6. The summed E-state index contributed by atoms with van der Waals surface area (Å²) in [5, 5.41) is 0. The van der Waals surface area contributed by atoms with E-state index >= 15 is 0 Å². The van der Waals surface area contributed by atoms with Gasteiger partial charge >= 0.3 is 5.97 Å². The van der Waals surface area contributed by atoms with Gasteiger partial charge in [-0.3, -0.25) is 0 Å². The van der Waals surface area contributed by atoms with Crippen LogP contribution in [0.15, 0.2) is 64.3 Å². The van der Waals surface area contributed by atoms with Crippen LogP contribution in [-0.2, 0) is 9.53 Å². The molecular weight excluding hydrogens is 397 g/mol. The molecule has 0 aliphatic carbocycles. The normalized spacial score (nSPS) is 14.2. The Morgan fingerprint density at radius 3 is 2.82 bits per heavy atom. The lowest BCUT2D eigenvalue weighted by Crippen LogP contribution is -2.18. The molecule has 0 amide bonds. The SMILES string of the molecule is CCOC(=O)/C(F)=C/Oc1cc2c(cc1SC)N(c1ccccc1)CCCS2. The molecular formula is C21H22FNO3S2. The molecule has 148 valence electrons. The largest absolute Gasteiger partial charge is 0.461 e. The summed E-state index contributed by atoms with van der Waals surface area (Å²) in [5.41, 5.74) is 2.25. The number of hydrogen-bond acceptors (Lipinski definition) is 6. The molecule has 2 aromatic rings. The van der Waals surface area contributed by atoms with Crippen molar-refractivity contribution < 1.29 is 18.7 Å². The zero-order chi connectivity index (χ0) is 19.9. The number of nitrogens with zero attached hydrogens (tertiary/aromatic N) is 1. The summed E-state index contributed by atoms with van der Waals surface area (Å²) in [4.78, 5) is 15.7. The molecule has 0 saturated carbocycles. The van der Waals surface area contributed by atoms with Gasteiger partial charge < -0.3 is 14.4 Å². The van der Waals surface area contributed by atoms with Gasteiger partial charge in [0, 0.05) is 17.1 Å². The van der Waals surface area contributed by atoms with E-state index in [4.69, 9.17) is 4.74 Å². The van der Waals surface area contributed by atoms with Gasteiger partial charge in [0.25, 0.3) is 0 Å². The number of carbonyl (C=O) groups is 1. The molecule has 0 radical (unpaired) electrons.